The fourth-order valence-corrected chi connectivity index (χ4v) is 2.41. The van der Waals surface area contributed by atoms with Crippen molar-refractivity contribution in [3.8, 4) is 22.9 Å². The van der Waals surface area contributed by atoms with Crippen LogP contribution >= 0.6 is 0 Å². The van der Waals surface area contributed by atoms with Gasteiger partial charge in [0.2, 0.25) is 5.88 Å². The standard InChI is InChI=1S/C20H19FN4O3/c1-27-18-5-3-2-4-17(18)23-20(26)22-12-13-28-19-11-10-16(24-25-19)14-6-8-15(21)9-7-14/h2-11H,12-13H2,1H3,(H2,22,23,26). The van der Waals surface area contributed by atoms with Crippen LogP contribution in [0.1, 0.15) is 0 Å². The van der Waals surface area contributed by atoms with E-state index in [9.17, 15) is 9.18 Å². The van der Waals surface area contributed by atoms with E-state index in [2.05, 4.69) is 20.8 Å². The van der Waals surface area contributed by atoms with Gasteiger partial charge in [0.05, 0.1) is 25.0 Å². The minimum absolute atomic E-state index is 0.226. The summed E-state index contributed by atoms with van der Waals surface area (Å²) in [6, 6.07) is 16.1. The van der Waals surface area contributed by atoms with Gasteiger partial charge >= 0.3 is 6.03 Å². The van der Waals surface area contributed by atoms with Crippen molar-refractivity contribution in [2.75, 3.05) is 25.6 Å². The predicted molar refractivity (Wildman–Crippen MR) is 103 cm³/mol. The summed E-state index contributed by atoms with van der Waals surface area (Å²) in [4.78, 5) is 11.9. The van der Waals surface area contributed by atoms with Crippen molar-refractivity contribution in [3.05, 3.63) is 66.5 Å². The van der Waals surface area contributed by atoms with Gasteiger partial charge in [0, 0.05) is 11.6 Å². The Morgan fingerprint density at radius 3 is 2.54 bits per heavy atom. The zero-order chi connectivity index (χ0) is 19.8. The molecule has 0 saturated carbocycles. The van der Waals surface area contributed by atoms with E-state index in [4.69, 9.17) is 9.47 Å². The van der Waals surface area contributed by atoms with E-state index in [1.807, 2.05) is 6.07 Å². The van der Waals surface area contributed by atoms with E-state index < -0.39 is 0 Å². The largest absolute Gasteiger partial charge is 0.495 e. The van der Waals surface area contributed by atoms with Gasteiger partial charge < -0.3 is 20.1 Å². The van der Waals surface area contributed by atoms with Crippen molar-refractivity contribution in [1.29, 1.82) is 0 Å². The number of benzene rings is 2. The van der Waals surface area contributed by atoms with Gasteiger partial charge in [-0.3, -0.25) is 0 Å². The molecule has 1 aromatic heterocycles. The molecule has 3 aromatic rings. The van der Waals surface area contributed by atoms with Gasteiger partial charge in [-0.25, -0.2) is 9.18 Å². The maximum Gasteiger partial charge on any atom is 0.319 e. The summed E-state index contributed by atoms with van der Waals surface area (Å²) in [5.74, 6) is 0.599. The third-order valence-electron chi connectivity index (χ3n) is 3.77. The quantitative estimate of drug-likeness (QED) is 0.611. The lowest BCUT2D eigenvalue weighted by molar-refractivity contribution is 0.246. The molecule has 2 N–H and O–H groups in total. The van der Waals surface area contributed by atoms with E-state index in [0.717, 1.165) is 5.56 Å². The number of methoxy groups -OCH3 is 1. The normalized spacial score (nSPS) is 10.2. The van der Waals surface area contributed by atoms with Crippen LogP contribution in [0.5, 0.6) is 11.6 Å². The molecule has 0 bridgehead atoms. The fourth-order valence-electron chi connectivity index (χ4n) is 2.41. The number of carbonyl (C=O) groups is 1. The molecule has 8 heteroatoms. The smallest absolute Gasteiger partial charge is 0.319 e. The van der Waals surface area contributed by atoms with Crippen LogP contribution in [0.2, 0.25) is 0 Å². The number of carbonyl (C=O) groups excluding carboxylic acids is 1. The summed E-state index contributed by atoms with van der Waals surface area (Å²) in [6.45, 7) is 0.506. The maximum absolute atomic E-state index is 13.0. The number of para-hydroxylation sites is 2. The van der Waals surface area contributed by atoms with E-state index >= 15 is 0 Å². The first-order valence-corrected chi connectivity index (χ1v) is 8.56. The number of hydrogen-bond donors (Lipinski definition) is 2. The molecule has 2 amide bonds. The summed E-state index contributed by atoms with van der Waals surface area (Å²) in [7, 11) is 1.54. The monoisotopic (exact) mass is 382 g/mol. The molecule has 0 fully saturated rings. The van der Waals surface area contributed by atoms with E-state index in [1.165, 1.54) is 19.2 Å². The molecule has 0 radical (unpaired) electrons. The molecule has 1 heterocycles. The highest BCUT2D eigenvalue weighted by molar-refractivity contribution is 5.90. The summed E-state index contributed by atoms with van der Waals surface area (Å²) in [6.07, 6.45) is 0. The van der Waals surface area contributed by atoms with Gasteiger partial charge in [0.15, 0.2) is 0 Å². The third kappa shape index (κ3) is 5.16. The second-order valence-corrected chi connectivity index (χ2v) is 5.69. The zero-order valence-electron chi connectivity index (χ0n) is 15.2. The summed E-state index contributed by atoms with van der Waals surface area (Å²) >= 11 is 0. The molecular formula is C20H19FN4O3. The van der Waals surface area contributed by atoms with Crippen LogP contribution in [0.3, 0.4) is 0 Å². The summed E-state index contributed by atoms with van der Waals surface area (Å²) < 4.78 is 23.6. The maximum atomic E-state index is 13.0. The Morgan fingerprint density at radius 1 is 1.04 bits per heavy atom. The molecule has 144 valence electrons. The Hall–Kier alpha value is -3.68. The van der Waals surface area contributed by atoms with Crippen molar-refractivity contribution in [1.82, 2.24) is 15.5 Å². The number of ether oxygens (including phenoxy) is 2. The van der Waals surface area contributed by atoms with Crippen LogP contribution in [0.25, 0.3) is 11.3 Å². The van der Waals surface area contributed by atoms with Gasteiger partial charge in [-0.2, -0.15) is 0 Å². The van der Waals surface area contributed by atoms with Crippen LogP contribution in [0, 0.1) is 5.82 Å². The number of anilines is 1. The third-order valence-corrected chi connectivity index (χ3v) is 3.77. The minimum Gasteiger partial charge on any atom is -0.495 e. The number of halogens is 1. The van der Waals surface area contributed by atoms with Crippen LogP contribution in [-0.4, -0.2) is 36.5 Å². The molecule has 3 rings (SSSR count). The Labute approximate surface area is 161 Å². The fraction of sp³-hybridized carbons (Fsp3) is 0.150. The Morgan fingerprint density at radius 2 is 1.82 bits per heavy atom. The molecule has 0 saturated heterocycles. The lowest BCUT2D eigenvalue weighted by atomic mass is 10.1. The molecule has 0 spiro atoms. The van der Waals surface area contributed by atoms with Crippen LogP contribution in [0.4, 0.5) is 14.9 Å². The number of nitrogens with one attached hydrogen (secondary N) is 2. The van der Waals surface area contributed by atoms with Crippen molar-refractivity contribution >= 4 is 11.7 Å². The number of urea groups is 1. The first-order chi connectivity index (χ1) is 13.7. The molecule has 28 heavy (non-hydrogen) atoms. The molecular weight excluding hydrogens is 363 g/mol. The van der Waals surface area contributed by atoms with Gasteiger partial charge in [-0.05, 0) is 42.5 Å². The van der Waals surface area contributed by atoms with Crippen LogP contribution in [-0.2, 0) is 0 Å². The highest BCUT2D eigenvalue weighted by Gasteiger charge is 2.06. The van der Waals surface area contributed by atoms with Gasteiger partial charge in [0.1, 0.15) is 18.2 Å². The lowest BCUT2D eigenvalue weighted by Gasteiger charge is -2.11. The molecule has 0 unspecified atom stereocenters. The second-order valence-electron chi connectivity index (χ2n) is 5.69. The van der Waals surface area contributed by atoms with Gasteiger partial charge in [0.25, 0.3) is 0 Å². The predicted octanol–water partition coefficient (Wildman–Crippen LogP) is 3.49. The average Bonchev–Trinajstić information content (AvgIpc) is 2.73. The van der Waals surface area contributed by atoms with Crippen molar-refractivity contribution in [2.45, 2.75) is 0 Å². The number of aromatic nitrogens is 2. The van der Waals surface area contributed by atoms with Crippen LogP contribution in [0.15, 0.2) is 60.7 Å². The summed E-state index contributed by atoms with van der Waals surface area (Å²) in [5.41, 5.74) is 1.95. The zero-order valence-corrected chi connectivity index (χ0v) is 15.2. The van der Waals surface area contributed by atoms with Gasteiger partial charge in [-0.15, -0.1) is 10.2 Å². The second kappa shape index (κ2) is 9.31. The van der Waals surface area contributed by atoms with E-state index in [1.54, 1.807) is 42.5 Å². The minimum atomic E-state index is -0.370. The average molecular weight is 382 g/mol. The molecule has 7 nitrogen and oxygen atoms in total. The highest BCUT2D eigenvalue weighted by Crippen LogP contribution is 2.22. The van der Waals surface area contributed by atoms with E-state index in [-0.39, 0.29) is 25.0 Å². The molecule has 2 aromatic carbocycles. The van der Waals surface area contributed by atoms with Crippen molar-refractivity contribution < 1.29 is 18.7 Å². The highest BCUT2D eigenvalue weighted by atomic mass is 19.1. The number of rotatable bonds is 7. The van der Waals surface area contributed by atoms with Crippen molar-refractivity contribution in [2.24, 2.45) is 0 Å². The number of hydrogen-bond acceptors (Lipinski definition) is 5. The van der Waals surface area contributed by atoms with Crippen molar-refractivity contribution in [3.63, 3.8) is 0 Å². The Balaban J connectivity index is 1.43. The van der Waals surface area contributed by atoms with Gasteiger partial charge in [-0.1, -0.05) is 12.1 Å². The molecule has 0 aliphatic heterocycles. The first kappa shape index (κ1) is 19.1. The first-order valence-electron chi connectivity index (χ1n) is 8.56. The molecule has 0 aliphatic carbocycles. The number of amides is 2. The number of nitrogens with zero attached hydrogens (tertiary/aromatic N) is 2. The topological polar surface area (TPSA) is 85.4 Å². The van der Waals surface area contributed by atoms with E-state index in [0.29, 0.717) is 23.0 Å². The molecule has 0 atom stereocenters. The molecule has 0 aliphatic rings. The lowest BCUT2D eigenvalue weighted by Crippen LogP contribution is -2.32. The van der Waals surface area contributed by atoms with Crippen LogP contribution < -0.4 is 20.1 Å². The Kier molecular flexibility index (Phi) is 6.35. The Bertz CT molecular complexity index is 917. The summed E-state index contributed by atoms with van der Waals surface area (Å²) in [5, 5.41) is 13.4. The SMILES string of the molecule is COc1ccccc1NC(=O)NCCOc1ccc(-c2ccc(F)cc2)nn1.